The summed E-state index contributed by atoms with van der Waals surface area (Å²) in [5.74, 6) is 0. The molecule has 2 aliphatic rings. The van der Waals surface area contributed by atoms with Crippen molar-refractivity contribution >= 4 is 33.2 Å². The normalized spacial score (nSPS) is 13.5. The molecule has 0 fully saturated rings. The van der Waals surface area contributed by atoms with Gasteiger partial charge in [0.15, 0.2) is 0 Å². The van der Waals surface area contributed by atoms with Crippen molar-refractivity contribution in [3.63, 3.8) is 0 Å². The van der Waals surface area contributed by atoms with Gasteiger partial charge in [0.2, 0.25) is 0 Å². The van der Waals surface area contributed by atoms with E-state index in [1.54, 1.807) is 0 Å². The van der Waals surface area contributed by atoms with Gasteiger partial charge in [0.25, 0.3) is 0 Å². The molecule has 0 aliphatic heterocycles. The van der Waals surface area contributed by atoms with Crippen molar-refractivity contribution in [1.82, 2.24) is 4.57 Å². The Kier molecular flexibility index (Phi) is 5.16. The summed E-state index contributed by atoms with van der Waals surface area (Å²) in [5.41, 5.74) is 16.4. The Morgan fingerprint density at radius 2 is 0.913 bits per heavy atom. The molecule has 0 unspecified atom stereocenters. The Morgan fingerprint density at radius 3 is 1.59 bits per heavy atom. The summed E-state index contributed by atoms with van der Waals surface area (Å²) in [7, 11) is 2.20. The van der Waals surface area contributed by atoms with Crippen LogP contribution in [0.5, 0.6) is 0 Å². The molecule has 46 heavy (non-hydrogen) atoms. The molecule has 2 aliphatic carbocycles. The first-order valence-electron chi connectivity index (χ1n) is 16.0. The highest BCUT2D eigenvalue weighted by Gasteiger charge is 2.51. The van der Waals surface area contributed by atoms with Crippen LogP contribution in [0.4, 0.5) is 11.4 Å². The largest absolute Gasteiger partial charge is 0.345 e. The summed E-state index contributed by atoms with van der Waals surface area (Å²) >= 11 is 0. The van der Waals surface area contributed by atoms with Crippen molar-refractivity contribution in [2.24, 2.45) is 0 Å². The first-order valence-corrected chi connectivity index (χ1v) is 16.0. The Balaban J connectivity index is 1.17. The van der Waals surface area contributed by atoms with Gasteiger partial charge in [-0.3, -0.25) is 0 Å². The molecule has 10 rings (SSSR count). The molecule has 1 aromatic heterocycles. The van der Waals surface area contributed by atoms with Crippen LogP contribution < -0.4 is 4.90 Å². The van der Waals surface area contributed by atoms with Crippen molar-refractivity contribution in [3.05, 3.63) is 186 Å². The molecular weight excluding hydrogens is 556 g/mol. The lowest BCUT2D eigenvalue weighted by atomic mass is 9.70. The Hall–Kier alpha value is -5.86. The smallest absolute Gasteiger partial charge is 0.0726 e. The van der Waals surface area contributed by atoms with Gasteiger partial charge >= 0.3 is 0 Å². The van der Waals surface area contributed by atoms with Crippen molar-refractivity contribution in [2.45, 2.75) is 5.41 Å². The molecule has 2 heteroatoms. The molecule has 0 N–H and O–H groups in total. The molecule has 8 aromatic rings. The predicted molar refractivity (Wildman–Crippen MR) is 192 cm³/mol. The quantitative estimate of drug-likeness (QED) is 0.200. The van der Waals surface area contributed by atoms with E-state index in [-0.39, 0.29) is 5.41 Å². The summed E-state index contributed by atoms with van der Waals surface area (Å²) in [5, 5.41) is 2.52. The highest BCUT2D eigenvalue weighted by atomic mass is 15.1. The molecule has 0 bridgehead atoms. The minimum atomic E-state index is -0.344. The van der Waals surface area contributed by atoms with Gasteiger partial charge in [-0.25, -0.2) is 0 Å². The molecule has 7 aromatic carbocycles. The monoisotopic (exact) mass is 586 g/mol. The van der Waals surface area contributed by atoms with Crippen molar-refractivity contribution in [3.8, 4) is 27.9 Å². The maximum atomic E-state index is 2.45. The lowest BCUT2D eigenvalue weighted by Gasteiger charge is -2.31. The van der Waals surface area contributed by atoms with E-state index in [1.807, 2.05) is 0 Å². The minimum Gasteiger partial charge on any atom is -0.345 e. The second-order valence-electron chi connectivity index (χ2n) is 12.6. The number of benzene rings is 7. The average molecular weight is 587 g/mol. The SMILES string of the molecule is CN(c1ccc2c(c1)C1(c3ccccc3-c3ccccc31)c1ccccc1-2)c1ccc2c(c1)c1ccccc1n2-c1ccccc1. The van der Waals surface area contributed by atoms with Gasteiger partial charge in [0.1, 0.15) is 0 Å². The molecule has 0 saturated heterocycles. The zero-order chi connectivity index (χ0) is 30.4. The van der Waals surface area contributed by atoms with E-state index in [9.17, 15) is 0 Å². The number of nitrogens with zero attached hydrogens (tertiary/aromatic N) is 2. The first kappa shape index (κ1) is 25.5. The van der Waals surface area contributed by atoms with Gasteiger partial charge in [0, 0.05) is 34.9 Å². The number of hydrogen-bond donors (Lipinski definition) is 0. The van der Waals surface area contributed by atoms with Gasteiger partial charge in [-0.1, -0.05) is 115 Å². The predicted octanol–water partition coefficient (Wildman–Crippen LogP) is 10.9. The summed E-state index contributed by atoms with van der Waals surface area (Å²) < 4.78 is 2.37. The highest BCUT2D eigenvalue weighted by Crippen LogP contribution is 2.63. The zero-order valence-electron chi connectivity index (χ0n) is 25.5. The molecule has 2 nitrogen and oxygen atoms in total. The van der Waals surface area contributed by atoms with Crippen molar-refractivity contribution in [2.75, 3.05) is 11.9 Å². The summed E-state index contributed by atoms with van der Waals surface area (Å²) in [6, 6.07) is 60.4. The average Bonchev–Trinajstić information content (AvgIpc) is 3.73. The van der Waals surface area contributed by atoms with Crippen LogP contribution in [0.15, 0.2) is 164 Å². The molecule has 216 valence electrons. The van der Waals surface area contributed by atoms with Crippen LogP contribution in [-0.4, -0.2) is 11.6 Å². The number of rotatable bonds is 3. The third-order valence-electron chi connectivity index (χ3n) is 10.4. The third-order valence-corrected chi connectivity index (χ3v) is 10.4. The molecule has 0 atom stereocenters. The molecule has 0 amide bonds. The van der Waals surface area contributed by atoms with Gasteiger partial charge < -0.3 is 9.47 Å². The molecule has 0 radical (unpaired) electrons. The van der Waals surface area contributed by atoms with E-state index in [0.717, 1.165) is 0 Å². The Bertz CT molecular complexity index is 2440. The van der Waals surface area contributed by atoms with Crippen LogP contribution in [0.1, 0.15) is 22.3 Å². The van der Waals surface area contributed by atoms with Crippen LogP contribution in [-0.2, 0) is 5.41 Å². The van der Waals surface area contributed by atoms with Crippen molar-refractivity contribution < 1.29 is 0 Å². The van der Waals surface area contributed by atoms with Gasteiger partial charge in [0.05, 0.1) is 16.4 Å². The summed E-state index contributed by atoms with van der Waals surface area (Å²) in [4.78, 5) is 2.35. The van der Waals surface area contributed by atoms with Crippen LogP contribution in [0.3, 0.4) is 0 Å². The standard InChI is InChI=1S/C44H30N2/c1-45(30-24-26-43-37(27-30)36-18-8-12-22-42(36)46(43)29-13-3-2-4-14-29)31-23-25-35-34-17-7-11-21-40(34)44(41(35)28-31)38-19-9-5-15-32(38)33-16-6-10-20-39(33)44/h2-28H,1H3. The fourth-order valence-corrected chi connectivity index (χ4v) is 8.47. The second-order valence-corrected chi connectivity index (χ2v) is 12.6. The van der Waals surface area contributed by atoms with Crippen LogP contribution >= 0.6 is 0 Å². The lowest BCUT2D eigenvalue weighted by molar-refractivity contribution is 0.793. The van der Waals surface area contributed by atoms with Crippen LogP contribution in [0, 0.1) is 0 Å². The maximum absolute atomic E-state index is 2.45. The molecule has 0 saturated carbocycles. The number of fused-ring (bicyclic) bond motifs is 13. The van der Waals surface area contributed by atoms with E-state index in [2.05, 4.69) is 180 Å². The van der Waals surface area contributed by atoms with Crippen LogP contribution in [0.25, 0.3) is 49.7 Å². The van der Waals surface area contributed by atoms with Gasteiger partial charge in [-0.2, -0.15) is 0 Å². The summed E-state index contributed by atoms with van der Waals surface area (Å²) in [6.07, 6.45) is 0. The Labute approximate surface area is 268 Å². The number of para-hydroxylation sites is 2. The van der Waals surface area contributed by atoms with E-state index in [1.165, 1.54) is 83.4 Å². The van der Waals surface area contributed by atoms with E-state index in [4.69, 9.17) is 0 Å². The number of anilines is 2. The van der Waals surface area contributed by atoms with E-state index >= 15 is 0 Å². The minimum absolute atomic E-state index is 0.344. The third kappa shape index (κ3) is 3.20. The fraction of sp³-hybridized carbons (Fsp3) is 0.0455. The topological polar surface area (TPSA) is 8.17 Å². The number of hydrogen-bond acceptors (Lipinski definition) is 1. The molecule has 1 spiro atoms. The van der Waals surface area contributed by atoms with Gasteiger partial charge in [-0.05, 0) is 93.0 Å². The lowest BCUT2D eigenvalue weighted by Crippen LogP contribution is -2.26. The van der Waals surface area contributed by atoms with Crippen LogP contribution in [0.2, 0.25) is 0 Å². The van der Waals surface area contributed by atoms with Crippen molar-refractivity contribution in [1.29, 1.82) is 0 Å². The van der Waals surface area contributed by atoms with E-state index in [0.29, 0.717) is 0 Å². The fourth-order valence-electron chi connectivity index (χ4n) is 8.47. The Morgan fingerprint density at radius 1 is 0.413 bits per heavy atom. The first-order chi connectivity index (χ1) is 22.7. The molecular formula is C44H30N2. The maximum Gasteiger partial charge on any atom is 0.0726 e. The molecule has 1 heterocycles. The zero-order valence-corrected chi connectivity index (χ0v) is 25.5. The summed E-state index contributed by atoms with van der Waals surface area (Å²) in [6.45, 7) is 0. The number of aromatic nitrogens is 1. The highest BCUT2D eigenvalue weighted by molar-refractivity contribution is 6.10. The van der Waals surface area contributed by atoms with E-state index < -0.39 is 0 Å². The second kappa shape index (κ2) is 9.32. The van der Waals surface area contributed by atoms with Gasteiger partial charge in [-0.15, -0.1) is 0 Å².